The zero-order valence-electron chi connectivity index (χ0n) is 17.3. The van der Waals surface area contributed by atoms with E-state index in [0.29, 0.717) is 0 Å². The van der Waals surface area contributed by atoms with Crippen LogP contribution in [0.25, 0.3) is 28.3 Å². The highest BCUT2D eigenvalue weighted by molar-refractivity contribution is 6.02. The Morgan fingerprint density at radius 1 is 0.548 bits per heavy atom. The third-order valence-electron chi connectivity index (χ3n) is 6.25. The lowest BCUT2D eigenvalue weighted by Crippen LogP contribution is -1.86. The van der Waals surface area contributed by atoms with Crippen molar-refractivity contribution < 1.29 is 0 Å². The lowest BCUT2D eigenvalue weighted by molar-refractivity contribution is 1.26. The van der Waals surface area contributed by atoms with Gasteiger partial charge in [0.15, 0.2) is 0 Å². The van der Waals surface area contributed by atoms with Crippen LogP contribution in [-0.2, 0) is 6.42 Å². The summed E-state index contributed by atoms with van der Waals surface area (Å²) in [6.45, 7) is 0. The summed E-state index contributed by atoms with van der Waals surface area (Å²) in [7, 11) is 0. The van der Waals surface area contributed by atoms with Crippen LogP contribution >= 0.6 is 0 Å². The second kappa shape index (κ2) is 7.41. The molecule has 2 aliphatic carbocycles. The first-order valence-electron chi connectivity index (χ1n) is 10.8. The van der Waals surface area contributed by atoms with Gasteiger partial charge >= 0.3 is 0 Å². The molecule has 0 fully saturated rings. The van der Waals surface area contributed by atoms with Gasteiger partial charge in [0.25, 0.3) is 0 Å². The summed E-state index contributed by atoms with van der Waals surface area (Å²) >= 11 is 0. The van der Waals surface area contributed by atoms with Gasteiger partial charge in [-0.05, 0) is 80.3 Å². The minimum Gasteiger partial charge on any atom is -0.0622 e. The molecule has 0 bridgehead atoms. The lowest BCUT2D eigenvalue weighted by Gasteiger charge is -2.07. The van der Waals surface area contributed by atoms with E-state index in [1.165, 1.54) is 55.7 Å². The minimum atomic E-state index is 1.02. The molecule has 0 heterocycles. The van der Waals surface area contributed by atoms with E-state index >= 15 is 0 Å². The summed E-state index contributed by atoms with van der Waals surface area (Å²) in [6.07, 6.45) is 7.99. The van der Waals surface area contributed by atoms with E-state index < -0.39 is 0 Å². The molecule has 0 heteroatoms. The molecule has 0 aromatic heterocycles. The molecule has 4 aromatic rings. The summed E-state index contributed by atoms with van der Waals surface area (Å²) in [4.78, 5) is 0. The summed E-state index contributed by atoms with van der Waals surface area (Å²) in [5, 5.41) is 0. The van der Waals surface area contributed by atoms with Gasteiger partial charge in [-0.3, -0.25) is 0 Å². The van der Waals surface area contributed by atoms with Crippen molar-refractivity contribution in [1.29, 1.82) is 0 Å². The van der Waals surface area contributed by atoms with E-state index in [0.717, 1.165) is 6.42 Å². The average molecular weight is 395 g/mol. The fourth-order valence-electron chi connectivity index (χ4n) is 4.74. The van der Waals surface area contributed by atoms with E-state index in [-0.39, 0.29) is 0 Å². The van der Waals surface area contributed by atoms with Crippen LogP contribution in [0.5, 0.6) is 0 Å². The van der Waals surface area contributed by atoms with Crippen LogP contribution in [0.3, 0.4) is 0 Å². The molecule has 0 N–H and O–H groups in total. The number of fused-ring (bicyclic) bond motifs is 3. The Morgan fingerprint density at radius 3 is 2.03 bits per heavy atom. The highest BCUT2D eigenvalue weighted by atomic mass is 14.2. The lowest BCUT2D eigenvalue weighted by atomic mass is 9.97. The largest absolute Gasteiger partial charge is 0.0622 e. The van der Waals surface area contributed by atoms with Crippen LogP contribution in [0.1, 0.15) is 27.8 Å². The average Bonchev–Trinajstić information content (AvgIpc) is 3.41. The molecule has 31 heavy (non-hydrogen) atoms. The molecule has 2 aliphatic rings. The molecule has 0 saturated heterocycles. The number of allylic oxidation sites excluding steroid dienone is 5. The molecular weight excluding hydrogens is 372 g/mol. The molecule has 146 valence electrons. The third kappa shape index (κ3) is 3.27. The second-order valence-electron chi connectivity index (χ2n) is 8.24. The predicted octanol–water partition coefficient (Wildman–Crippen LogP) is 7.82. The normalized spacial score (nSPS) is 15.4. The predicted molar refractivity (Wildman–Crippen MR) is 131 cm³/mol. The second-order valence-corrected chi connectivity index (χ2v) is 8.24. The zero-order valence-corrected chi connectivity index (χ0v) is 17.3. The Balaban J connectivity index is 1.43. The van der Waals surface area contributed by atoms with E-state index in [2.05, 4.69) is 121 Å². The molecule has 0 nitrogen and oxygen atoms in total. The van der Waals surface area contributed by atoms with Gasteiger partial charge in [0.05, 0.1) is 0 Å². The van der Waals surface area contributed by atoms with Crippen molar-refractivity contribution in [3.8, 4) is 11.1 Å². The summed E-state index contributed by atoms with van der Waals surface area (Å²) in [5.74, 6) is 0. The van der Waals surface area contributed by atoms with Crippen LogP contribution in [0, 0.1) is 0 Å². The molecule has 0 spiro atoms. The summed E-state index contributed by atoms with van der Waals surface area (Å²) in [5.41, 5.74) is 13.2. The van der Waals surface area contributed by atoms with Gasteiger partial charge in [0.1, 0.15) is 0 Å². The standard InChI is InChI=1S/C31H22/c1-3-9-23(10-4-1)26-20-28(31(21-26)24-11-5-2-6-12-24)18-22-15-16-30-27(17-22)19-25-13-7-8-14-29(25)30/h1-18,20-21H,19H2/b28-18+. The smallest absolute Gasteiger partial charge is 0.00132 e. The number of hydrogen-bond donors (Lipinski definition) is 0. The molecule has 6 rings (SSSR count). The summed E-state index contributed by atoms with van der Waals surface area (Å²) in [6, 6.07) is 37.0. The maximum atomic E-state index is 2.36. The van der Waals surface area contributed by atoms with Gasteiger partial charge in [-0.25, -0.2) is 0 Å². The highest BCUT2D eigenvalue weighted by Gasteiger charge is 2.19. The Morgan fingerprint density at radius 2 is 1.23 bits per heavy atom. The van der Waals surface area contributed by atoms with E-state index in [4.69, 9.17) is 0 Å². The van der Waals surface area contributed by atoms with E-state index in [9.17, 15) is 0 Å². The van der Waals surface area contributed by atoms with Crippen molar-refractivity contribution in [3.63, 3.8) is 0 Å². The molecule has 0 saturated carbocycles. The minimum absolute atomic E-state index is 1.02. The highest BCUT2D eigenvalue weighted by Crippen LogP contribution is 2.39. The van der Waals surface area contributed by atoms with Crippen molar-refractivity contribution >= 4 is 17.2 Å². The zero-order chi connectivity index (χ0) is 20.6. The van der Waals surface area contributed by atoms with Crippen molar-refractivity contribution in [2.45, 2.75) is 6.42 Å². The maximum Gasteiger partial charge on any atom is -0.00132 e. The van der Waals surface area contributed by atoms with Crippen molar-refractivity contribution in [2.75, 3.05) is 0 Å². The Kier molecular flexibility index (Phi) is 4.28. The van der Waals surface area contributed by atoms with Crippen molar-refractivity contribution in [1.82, 2.24) is 0 Å². The first-order chi connectivity index (χ1) is 15.3. The third-order valence-corrected chi connectivity index (χ3v) is 6.25. The first kappa shape index (κ1) is 17.9. The molecule has 0 radical (unpaired) electrons. The van der Waals surface area contributed by atoms with Crippen LogP contribution in [-0.4, -0.2) is 0 Å². The molecule has 0 atom stereocenters. The van der Waals surface area contributed by atoms with Gasteiger partial charge in [0, 0.05) is 0 Å². The Hall–Kier alpha value is -3.90. The van der Waals surface area contributed by atoms with Crippen LogP contribution < -0.4 is 0 Å². The molecule has 0 amide bonds. The quantitative estimate of drug-likeness (QED) is 0.292. The van der Waals surface area contributed by atoms with Crippen molar-refractivity contribution in [2.24, 2.45) is 0 Å². The summed E-state index contributed by atoms with van der Waals surface area (Å²) < 4.78 is 0. The maximum absolute atomic E-state index is 2.36. The van der Waals surface area contributed by atoms with Gasteiger partial charge in [-0.2, -0.15) is 0 Å². The number of hydrogen-bond acceptors (Lipinski definition) is 0. The topological polar surface area (TPSA) is 0 Å². The number of rotatable bonds is 3. The fourth-order valence-corrected chi connectivity index (χ4v) is 4.74. The van der Waals surface area contributed by atoms with Gasteiger partial charge in [-0.15, -0.1) is 0 Å². The van der Waals surface area contributed by atoms with E-state index in [1.807, 2.05) is 0 Å². The molecule has 0 unspecified atom stereocenters. The molecular formula is C31H22. The molecule has 0 aliphatic heterocycles. The van der Waals surface area contributed by atoms with Gasteiger partial charge in [0.2, 0.25) is 0 Å². The van der Waals surface area contributed by atoms with Gasteiger partial charge < -0.3 is 0 Å². The van der Waals surface area contributed by atoms with Crippen LogP contribution in [0.2, 0.25) is 0 Å². The number of benzene rings is 4. The Bertz CT molecular complexity index is 1370. The van der Waals surface area contributed by atoms with E-state index in [1.54, 1.807) is 0 Å². The van der Waals surface area contributed by atoms with Gasteiger partial charge in [-0.1, -0.05) is 103 Å². The first-order valence-corrected chi connectivity index (χ1v) is 10.8. The fraction of sp³-hybridized carbons (Fsp3) is 0.0323. The Labute approximate surface area is 183 Å². The van der Waals surface area contributed by atoms with Crippen LogP contribution in [0.15, 0.2) is 121 Å². The van der Waals surface area contributed by atoms with Crippen LogP contribution in [0.4, 0.5) is 0 Å². The van der Waals surface area contributed by atoms with Crippen molar-refractivity contribution in [3.05, 3.63) is 149 Å². The monoisotopic (exact) mass is 394 g/mol. The SMILES string of the molecule is C1=C(c2ccccc2)C=C(c2ccccc2)/C1=C/c1ccc2c(c1)Cc1ccccc1-2. The molecule has 4 aromatic carbocycles.